The van der Waals surface area contributed by atoms with Crippen LogP contribution in [0.3, 0.4) is 0 Å². The van der Waals surface area contributed by atoms with Crippen molar-refractivity contribution in [2.24, 2.45) is 0 Å². The summed E-state index contributed by atoms with van der Waals surface area (Å²) in [5.41, 5.74) is 7.92. The Morgan fingerprint density at radius 3 is 2.94 bits per heavy atom. The smallest absolute Gasteiger partial charge is 0.132 e. The van der Waals surface area contributed by atoms with Crippen molar-refractivity contribution in [2.45, 2.75) is 39.2 Å². The lowest BCUT2D eigenvalue weighted by molar-refractivity contribution is 0.585. The third-order valence-electron chi connectivity index (χ3n) is 3.08. The minimum Gasteiger partial charge on any atom is -0.383 e. The van der Waals surface area contributed by atoms with Crippen molar-refractivity contribution in [1.82, 2.24) is 14.5 Å². The summed E-state index contributed by atoms with van der Waals surface area (Å²) in [6.07, 6.45) is 10.4. The van der Waals surface area contributed by atoms with Crippen LogP contribution in [-0.4, -0.2) is 14.5 Å². The number of hydrogen-bond acceptors (Lipinski definition) is 3. The van der Waals surface area contributed by atoms with Crippen LogP contribution in [0.1, 0.15) is 32.6 Å². The van der Waals surface area contributed by atoms with Gasteiger partial charge in [0.25, 0.3) is 0 Å². The average Bonchev–Trinajstić information content (AvgIpc) is 2.83. The summed E-state index contributed by atoms with van der Waals surface area (Å²) < 4.78 is 2.16. The molecule has 2 N–H and O–H groups in total. The van der Waals surface area contributed by atoms with Crippen molar-refractivity contribution in [1.29, 1.82) is 0 Å². The highest BCUT2D eigenvalue weighted by Crippen LogP contribution is 2.23. The van der Waals surface area contributed by atoms with E-state index in [0.717, 1.165) is 17.8 Å². The molecule has 0 saturated carbocycles. The first-order valence-electron chi connectivity index (χ1n) is 6.54. The molecule has 0 radical (unpaired) electrons. The van der Waals surface area contributed by atoms with Crippen molar-refractivity contribution in [3.63, 3.8) is 0 Å². The van der Waals surface area contributed by atoms with Crippen LogP contribution in [0.25, 0.3) is 11.3 Å². The molecule has 0 saturated heterocycles. The molecular weight excluding hydrogens is 224 g/mol. The zero-order valence-electron chi connectivity index (χ0n) is 10.8. The Balaban J connectivity index is 2.10. The van der Waals surface area contributed by atoms with Gasteiger partial charge in [-0.05, 0) is 18.6 Å². The number of aromatic nitrogens is 3. The molecule has 4 nitrogen and oxygen atoms in total. The molecule has 0 unspecified atom stereocenters. The zero-order chi connectivity index (χ0) is 12.8. The zero-order valence-corrected chi connectivity index (χ0v) is 10.8. The van der Waals surface area contributed by atoms with E-state index in [4.69, 9.17) is 5.73 Å². The lowest BCUT2D eigenvalue weighted by Crippen LogP contribution is -2.01. The summed E-state index contributed by atoms with van der Waals surface area (Å²) in [6, 6.07) is 3.89. The molecule has 2 aromatic heterocycles. The fourth-order valence-corrected chi connectivity index (χ4v) is 2.07. The Kier molecular flexibility index (Phi) is 4.34. The van der Waals surface area contributed by atoms with Gasteiger partial charge in [-0.25, -0.2) is 9.97 Å². The standard InChI is InChI=1S/C14H20N4/c1-2-3-4-5-9-18-11-16-10-13(18)12-7-6-8-17-14(12)15/h6-8,10-11H,2-5,9H2,1H3,(H2,15,17). The molecule has 2 rings (SSSR count). The Hall–Kier alpha value is -1.84. The van der Waals surface area contributed by atoms with Crippen LogP contribution in [0.2, 0.25) is 0 Å². The van der Waals surface area contributed by atoms with Gasteiger partial charge in [0.2, 0.25) is 0 Å². The first kappa shape index (κ1) is 12.6. The molecule has 0 amide bonds. The van der Waals surface area contributed by atoms with Crippen LogP contribution in [0.15, 0.2) is 30.9 Å². The van der Waals surface area contributed by atoms with E-state index in [2.05, 4.69) is 21.5 Å². The molecule has 0 aromatic carbocycles. The number of imidazole rings is 1. The molecule has 18 heavy (non-hydrogen) atoms. The molecular formula is C14H20N4. The van der Waals surface area contributed by atoms with Gasteiger partial charge in [0.15, 0.2) is 0 Å². The quantitative estimate of drug-likeness (QED) is 0.794. The Labute approximate surface area is 108 Å². The second-order valence-corrected chi connectivity index (χ2v) is 4.47. The Morgan fingerprint density at radius 2 is 2.17 bits per heavy atom. The number of aryl methyl sites for hydroxylation is 1. The highest BCUT2D eigenvalue weighted by molar-refractivity contribution is 5.70. The van der Waals surface area contributed by atoms with E-state index in [1.807, 2.05) is 24.7 Å². The first-order chi connectivity index (χ1) is 8.83. The number of hydrogen-bond donors (Lipinski definition) is 1. The van der Waals surface area contributed by atoms with Gasteiger partial charge in [0, 0.05) is 18.3 Å². The SMILES string of the molecule is CCCCCCn1cncc1-c1cccnc1N. The molecule has 0 spiro atoms. The number of nitrogens with two attached hydrogens (primary N) is 1. The summed E-state index contributed by atoms with van der Waals surface area (Å²) in [6.45, 7) is 3.21. The van der Waals surface area contributed by atoms with Crippen LogP contribution < -0.4 is 5.73 Å². The maximum Gasteiger partial charge on any atom is 0.132 e. The average molecular weight is 244 g/mol. The largest absolute Gasteiger partial charge is 0.383 e. The highest BCUT2D eigenvalue weighted by atomic mass is 15.0. The van der Waals surface area contributed by atoms with Crippen LogP contribution in [0.4, 0.5) is 5.82 Å². The number of anilines is 1. The van der Waals surface area contributed by atoms with E-state index in [1.54, 1.807) is 6.20 Å². The molecule has 0 aliphatic carbocycles. The highest BCUT2D eigenvalue weighted by Gasteiger charge is 2.08. The molecule has 0 fully saturated rings. The van der Waals surface area contributed by atoms with Crippen molar-refractivity contribution < 1.29 is 0 Å². The summed E-state index contributed by atoms with van der Waals surface area (Å²) in [7, 11) is 0. The Bertz CT molecular complexity index is 490. The van der Waals surface area contributed by atoms with Crippen molar-refractivity contribution in [3.8, 4) is 11.3 Å². The van der Waals surface area contributed by atoms with Crippen molar-refractivity contribution >= 4 is 5.82 Å². The minimum absolute atomic E-state index is 0.563. The van der Waals surface area contributed by atoms with E-state index < -0.39 is 0 Å². The molecule has 2 aromatic rings. The predicted octanol–water partition coefficient (Wildman–Crippen LogP) is 3.11. The van der Waals surface area contributed by atoms with Crippen molar-refractivity contribution in [3.05, 3.63) is 30.9 Å². The summed E-state index contributed by atoms with van der Waals surface area (Å²) >= 11 is 0. The second-order valence-electron chi connectivity index (χ2n) is 4.47. The molecule has 0 aliphatic rings. The second kappa shape index (κ2) is 6.19. The molecule has 0 bridgehead atoms. The maximum absolute atomic E-state index is 5.90. The van der Waals surface area contributed by atoms with Gasteiger partial charge in [0.05, 0.1) is 18.2 Å². The normalized spacial score (nSPS) is 10.7. The van der Waals surface area contributed by atoms with E-state index in [9.17, 15) is 0 Å². The van der Waals surface area contributed by atoms with Gasteiger partial charge in [0.1, 0.15) is 5.82 Å². The Morgan fingerprint density at radius 1 is 1.28 bits per heavy atom. The monoisotopic (exact) mass is 244 g/mol. The number of pyridine rings is 1. The van der Waals surface area contributed by atoms with E-state index >= 15 is 0 Å². The van der Waals surface area contributed by atoms with E-state index in [-0.39, 0.29) is 0 Å². The molecule has 4 heteroatoms. The summed E-state index contributed by atoms with van der Waals surface area (Å²) in [4.78, 5) is 8.34. The van der Waals surface area contributed by atoms with Gasteiger partial charge in [-0.15, -0.1) is 0 Å². The fraction of sp³-hybridized carbons (Fsp3) is 0.429. The van der Waals surface area contributed by atoms with Gasteiger partial charge < -0.3 is 10.3 Å². The number of nitrogen functional groups attached to an aromatic ring is 1. The van der Waals surface area contributed by atoms with Crippen LogP contribution >= 0.6 is 0 Å². The third kappa shape index (κ3) is 2.88. The number of unbranched alkanes of at least 4 members (excludes halogenated alkanes) is 3. The topological polar surface area (TPSA) is 56.7 Å². The summed E-state index contributed by atoms with van der Waals surface area (Å²) in [5.74, 6) is 0.563. The molecule has 0 aliphatic heterocycles. The van der Waals surface area contributed by atoms with Gasteiger partial charge in [-0.3, -0.25) is 0 Å². The fourth-order valence-electron chi connectivity index (χ4n) is 2.07. The lowest BCUT2D eigenvalue weighted by atomic mass is 10.2. The number of rotatable bonds is 6. The molecule has 0 atom stereocenters. The summed E-state index contributed by atoms with van der Waals surface area (Å²) in [5, 5.41) is 0. The van der Waals surface area contributed by atoms with Crippen molar-refractivity contribution in [2.75, 3.05) is 5.73 Å². The van der Waals surface area contributed by atoms with Gasteiger partial charge >= 0.3 is 0 Å². The van der Waals surface area contributed by atoms with Crippen LogP contribution in [-0.2, 0) is 6.54 Å². The number of nitrogens with zero attached hydrogens (tertiary/aromatic N) is 3. The predicted molar refractivity (Wildman–Crippen MR) is 74.0 cm³/mol. The molecule has 2 heterocycles. The van der Waals surface area contributed by atoms with Crippen LogP contribution in [0.5, 0.6) is 0 Å². The maximum atomic E-state index is 5.90. The third-order valence-corrected chi connectivity index (χ3v) is 3.08. The van der Waals surface area contributed by atoms with Gasteiger partial charge in [-0.2, -0.15) is 0 Å². The minimum atomic E-state index is 0.563. The van der Waals surface area contributed by atoms with E-state index in [0.29, 0.717) is 5.82 Å². The lowest BCUT2D eigenvalue weighted by Gasteiger charge is -2.09. The van der Waals surface area contributed by atoms with Crippen LogP contribution in [0, 0.1) is 0 Å². The molecule has 96 valence electrons. The van der Waals surface area contributed by atoms with E-state index in [1.165, 1.54) is 25.7 Å². The first-order valence-corrected chi connectivity index (χ1v) is 6.54. The van der Waals surface area contributed by atoms with Gasteiger partial charge in [-0.1, -0.05) is 26.2 Å².